The number of halogens is 1. The number of allylic oxidation sites excluding steroid dienone is 3. The van der Waals surface area contributed by atoms with Gasteiger partial charge in [0.25, 0.3) is 0 Å². The number of alkyl halides is 1. The number of aliphatic hydroxyl groups excluding tert-OH is 1. The van der Waals surface area contributed by atoms with Crippen molar-refractivity contribution in [2.24, 2.45) is 0 Å². The van der Waals surface area contributed by atoms with Crippen LogP contribution in [-0.4, -0.2) is 43.2 Å². The summed E-state index contributed by atoms with van der Waals surface area (Å²) in [5, 5.41) is 11.4. The molecule has 0 unspecified atom stereocenters. The summed E-state index contributed by atoms with van der Waals surface area (Å²) in [6.45, 7) is 7.09. The Balaban J connectivity index is 4.27. The van der Waals surface area contributed by atoms with E-state index in [1.54, 1.807) is 33.8 Å². The number of carbonyl (C=O) groups excluding carboxylic acids is 1. The van der Waals surface area contributed by atoms with Crippen LogP contribution < -0.4 is 5.32 Å². The molecule has 6 heteroatoms. The van der Waals surface area contributed by atoms with Crippen LogP contribution in [-0.2, 0) is 9.47 Å². The van der Waals surface area contributed by atoms with E-state index in [9.17, 15) is 9.18 Å². The van der Waals surface area contributed by atoms with Crippen LogP contribution in [0.1, 0.15) is 40.5 Å². The first kappa shape index (κ1) is 20.4. The summed E-state index contributed by atoms with van der Waals surface area (Å²) >= 11 is 0. The number of carbonyl (C=O) groups is 1. The predicted molar refractivity (Wildman–Crippen MR) is 84.3 cm³/mol. The van der Waals surface area contributed by atoms with Gasteiger partial charge in [-0.05, 0) is 58.3 Å². The topological polar surface area (TPSA) is 67.8 Å². The Morgan fingerprint density at radius 2 is 2.05 bits per heavy atom. The summed E-state index contributed by atoms with van der Waals surface area (Å²) in [6.07, 6.45) is 3.90. The quantitative estimate of drug-likeness (QED) is 0.389. The molecule has 0 radical (unpaired) electrons. The molecular formula is C16H28FNO4. The van der Waals surface area contributed by atoms with E-state index in [0.29, 0.717) is 25.1 Å². The molecule has 0 fully saturated rings. The zero-order valence-electron chi connectivity index (χ0n) is 13.9. The molecule has 0 saturated carbocycles. The first-order chi connectivity index (χ1) is 10.3. The van der Waals surface area contributed by atoms with Crippen LogP contribution in [0.3, 0.4) is 0 Å². The first-order valence-corrected chi connectivity index (χ1v) is 7.46. The van der Waals surface area contributed by atoms with Crippen molar-refractivity contribution in [2.75, 3.05) is 26.4 Å². The van der Waals surface area contributed by atoms with E-state index in [0.717, 1.165) is 5.57 Å². The largest absolute Gasteiger partial charge is 0.491 e. The number of amides is 1. The van der Waals surface area contributed by atoms with Crippen molar-refractivity contribution in [1.29, 1.82) is 0 Å². The maximum absolute atomic E-state index is 12.6. The van der Waals surface area contributed by atoms with Crippen molar-refractivity contribution in [2.45, 2.75) is 46.1 Å². The second-order valence-corrected chi connectivity index (χ2v) is 5.64. The Labute approximate surface area is 132 Å². The molecule has 0 atom stereocenters. The Kier molecular flexibility index (Phi) is 10.3. The van der Waals surface area contributed by atoms with Crippen LogP contribution in [0.25, 0.3) is 0 Å². The van der Waals surface area contributed by atoms with Crippen LogP contribution in [0.4, 0.5) is 9.18 Å². The molecule has 0 aliphatic rings. The maximum atomic E-state index is 12.6. The van der Waals surface area contributed by atoms with Gasteiger partial charge in [-0.15, -0.1) is 0 Å². The molecular weight excluding hydrogens is 289 g/mol. The van der Waals surface area contributed by atoms with Crippen LogP contribution in [0.2, 0.25) is 0 Å². The van der Waals surface area contributed by atoms with Crippen molar-refractivity contribution >= 4 is 6.09 Å². The normalized spacial score (nSPS) is 13.0. The molecule has 0 aromatic carbocycles. The third kappa shape index (κ3) is 10.2. The average Bonchev–Trinajstić information content (AvgIpc) is 2.42. The zero-order valence-corrected chi connectivity index (χ0v) is 13.9. The monoisotopic (exact) mass is 317 g/mol. The standard InChI is InChI=1S/C16H28FNO4/c1-5-14(21-12-11-19)13(8-9-17)7-6-10-18-15(20)22-16(2,3)4/h5,8,19H,6-7,9-12H2,1-4H3,(H,18,20)/b13-8-,14-5+. The lowest BCUT2D eigenvalue weighted by atomic mass is 10.1. The van der Waals surface area contributed by atoms with Crippen LogP contribution in [0, 0.1) is 0 Å². The Hall–Kier alpha value is -1.56. The molecule has 128 valence electrons. The van der Waals surface area contributed by atoms with Gasteiger partial charge in [-0.3, -0.25) is 0 Å². The summed E-state index contributed by atoms with van der Waals surface area (Å²) in [4.78, 5) is 11.5. The van der Waals surface area contributed by atoms with Crippen molar-refractivity contribution in [3.05, 3.63) is 23.5 Å². The lowest BCUT2D eigenvalue weighted by Crippen LogP contribution is -2.33. The Morgan fingerprint density at radius 1 is 1.36 bits per heavy atom. The van der Waals surface area contributed by atoms with Gasteiger partial charge >= 0.3 is 6.09 Å². The van der Waals surface area contributed by atoms with Gasteiger partial charge in [0.15, 0.2) is 0 Å². The molecule has 0 aromatic rings. The second-order valence-electron chi connectivity index (χ2n) is 5.64. The van der Waals surface area contributed by atoms with Gasteiger partial charge < -0.3 is 19.9 Å². The zero-order chi connectivity index (χ0) is 17.0. The molecule has 5 nitrogen and oxygen atoms in total. The summed E-state index contributed by atoms with van der Waals surface area (Å²) < 4.78 is 23.1. The van der Waals surface area contributed by atoms with Gasteiger partial charge in [-0.2, -0.15) is 0 Å². The van der Waals surface area contributed by atoms with Gasteiger partial charge in [-0.25, -0.2) is 9.18 Å². The molecule has 0 heterocycles. The highest BCUT2D eigenvalue weighted by atomic mass is 19.1. The van der Waals surface area contributed by atoms with E-state index in [4.69, 9.17) is 14.6 Å². The molecule has 0 aliphatic heterocycles. The van der Waals surface area contributed by atoms with Crippen LogP contribution >= 0.6 is 0 Å². The first-order valence-electron chi connectivity index (χ1n) is 7.46. The van der Waals surface area contributed by atoms with Gasteiger partial charge in [0.05, 0.1) is 6.61 Å². The average molecular weight is 317 g/mol. The van der Waals surface area contributed by atoms with Crippen molar-refractivity contribution < 1.29 is 23.8 Å². The number of ether oxygens (including phenoxy) is 2. The molecule has 0 aliphatic carbocycles. The molecule has 0 bridgehead atoms. The highest BCUT2D eigenvalue weighted by molar-refractivity contribution is 5.67. The van der Waals surface area contributed by atoms with E-state index in [2.05, 4.69) is 5.32 Å². The fourth-order valence-corrected chi connectivity index (χ4v) is 1.72. The third-order valence-corrected chi connectivity index (χ3v) is 2.54. The van der Waals surface area contributed by atoms with Gasteiger partial charge in [0.2, 0.25) is 0 Å². The minimum atomic E-state index is -0.589. The second kappa shape index (κ2) is 11.1. The van der Waals surface area contributed by atoms with Gasteiger partial charge in [0, 0.05) is 6.54 Å². The predicted octanol–water partition coefficient (Wildman–Crippen LogP) is 3.10. The molecule has 0 aromatic heterocycles. The van der Waals surface area contributed by atoms with Gasteiger partial charge in [0.1, 0.15) is 24.6 Å². The van der Waals surface area contributed by atoms with E-state index in [-0.39, 0.29) is 13.2 Å². The van der Waals surface area contributed by atoms with Crippen molar-refractivity contribution in [3.63, 3.8) is 0 Å². The number of hydrogen-bond acceptors (Lipinski definition) is 4. The van der Waals surface area contributed by atoms with E-state index in [1.165, 1.54) is 6.08 Å². The third-order valence-electron chi connectivity index (χ3n) is 2.54. The summed E-state index contributed by atoms with van der Waals surface area (Å²) in [5.74, 6) is 0.559. The fourth-order valence-electron chi connectivity index (χ4n) is 1.72. The number of rotatable bonds is 9. The Morgan fingerprint density at radius 3 is 2.55 bits per heavy atom. The fraction of sp³-hybridized carbons (Fsp3) is 0.688. The number of hydrogen-bond donors (Lipinski definition) is 2. The van der Waals surface area contributed by atoms with E-state index >= 15 is 0 Å². The summed E-state index contributed by atoms with van der Waals surface area (Å²) in [5.41, 5.74) is 0.198. The van der Waals surface area contributed by atoms with E-state index in [1.807, 2.05) is 0 Å². The van der Waals surface area contributed by atoms with Crippen molar-refractivity contribution in [3.8, 4) is 0 Å². The maximum Gasteiger partial charge on any atom is 0.407 e. The smallest absolute Gasteiger partial charge is 0.407 e. The summed E-state index contributed by atoms with van der Waals surface area (Å²) in [6, 6.07) is 0. The minimum Gasteiger partial charge on any atom is -0.491 e. The van der Waals surface area contributed by atoms with Crippen molar-refractivity contribution in [1.82, 2.24) is 5.32 Å². The minimum absolute atomic E-state index is 0.0968. The SMILES string of the molecule is C/C=C(OCCO)\C(=C/CF)CCCNC(=O)OC(C)(C)C. The molecule has 0 saturated heterocycles. The highest BCUT2D eigenvalue weighted by Crippen LogP contribution is 2.17. The molecule has 0 spiro atoms. The van der Waals surface area contributed by atoms with Crippen LogP contribution in [0.5, 0.6) is 0 Å². The summed E-state index contributed by atoms with van der Waals surface area (Å²) in [7, 11) is 0. The molecule has 2 N–H and O–H groups in total. The van der Waals surface area contributed by atoms with E-state index < -0.39 is 18.4 Å². The number of alkyl carbamates (subject to hydrolysis) is 1. The number of aliphatic hydroxyl groups is 1. The lowest BCUT2D eigenvalue weighted by Gasteiger charge is -2.19. The lowest BCUT2D eigenvalue weighted by molar-refractivity contribution is 0.0527. The Bertz CT molecular complexity index is 386. The number of nitrogens with one attached hydrogen (secondary N) is 1. The highest BCUT2D eigenvalue weighted by Gasteiger charge is 2.15. The van der Waals surface area contributed by atoms with Gasteiger partial charge in [-0.1, -0.05) is 0 Å². The molecule has 22 heavy (non-hydrogen) atoms. The molecule has 1 amide bonds. The van der Waals surface area contributed by atoms with Crippen LogP contribution in [0.15, 0.2) is 23.5 Å². The molecule has 0 rings (SSSR count).